The molecule has 2 rings (SSSR count). The number of hydrogen-bond acceptors (Lipinski definition) is 4. The van der Waals surface area contributed by atoms with Crippen LogP contribution in [0, 0.1) is 0 Å². The molecule has 1 aromatic heterocycles. The third-order valence-corrected chi connectivity index (χ3v) is 2.08. The lowest BCUT2D eigenvalue weighted by Crippen LogP contribution is -2.14. The largest absolute Gasteiger partial charge is 0.506 e. The van der Waals surface area contributed by atoms with Gasteiger partial charge in [0, 0.05) is 0 Å². The molecule has 0 aliphatic heterocycles. The molecule has 0 unspecified atom stereocenters. The monoisotopic (exact) mass is 220 g/mol. The number of phenols is 1. The van der Waals surface area contributed by atoms with Gasteiger partial charge in [0.25, 0.3) is 5.56 Å². The third-order valence-electron chi connectivity index (χ3n) is 2.08. The van der Waals surface area contributed by atoms with E-state index in [1.165, 1.54) is 18.2 Å². The summed E-state index contributed by atoms with van der Waals surface area (Å²) in [5.74, 6) is -1.22. The molecule has 0 saturated heterocycles. The maximum absolute atomic E-state index is 11.5. The first kappa shape index (κ1) is 10.2. The zero-order chi connectivity index (χ0) is 11.7. The number of aromatic nitrogens is 2. The van der Waals surface area contributed by atoms with Crippen molar-refractivity contribution in [3.63, 3.8) is 0 Å². The van der Waals surface area contributed by atoms with Gasteiger partial charge < -0.3 is 15.2 Å². The maximum Gasteiger partial charge on any atom is 0.311 e. The number of carboxylic acids is 1. The maximum atomic E-state index is 11.5. The lowest BCUT2D eigenvalue weighted by Gasteiger charge is -2.01. The molecule has 0 radical (unpaired) electrons. The van der Waals surface area contributed by atoms with Gasteiger partial charge in [-0.05, 0) is 12.1 Å². The summed E-state index contributed by atoms with van der Waals surface area (Å²) in [7, 11) is 0. The lowest BCUT2D eigenvalue weighted by atomic mass is 10.2. The number of para-hydroxylation sites is 1. The second kappa shape index (κ2) is 3.65. The molecule has 0 fully saturated rings. The summed E-state index contributed by atoms with van der Waals surface area (Å²) in [6.45, 7) is 0. The number of H-pyrrole nitrogens is 1. The van der Waals surface area contributed by atoms with Crippen molar-refractivity contribution in [3.8, 4) is 5.75 Å². The van der Waals surface area contributed by atoms with Crippen LogP contribution in [0.25, 0.3) is 10.9 Å². The van der Waals surface area contributed by atoms with Gasteiger partial charge in [0.05, 0.1) is 5.39 Å². The Balaban J connectivity index is 2.70. The first-order chi connectivity index (χ1) is 7.58. The van der Waals surface area contributed by atoms with Crippen molar-refractivity contribution in [3.05, 3.63) is 34.4 Å². The number of hydrogen-bond donors (Lipinski definition) is 3. The van der Waals surface area contributed by atoms with Crippen molar-refractivity contribution in [2.75, 3.05) is 0 Å². The van der Waals surface area contributed by atoms with Gasteiger partial charge in [0.1, 0.15) is 23.5 Å². The molecule has 3 N–H and O–H groups in total. The molecular weight excluding hydrogens is 212 g/mol. The standard InChI is InChI=1S/C10H8N2O4/c13-6-3-1-2-5-9(6)11-7(4-8(14)15)12-10(5)16/h1-3,13H,4H2,(H,14,15)(H,11,12,16). The molecule has 1 aromatic carbocycles. The van der Waals surface area contributed by atoms with Crippen LogP contribution in [0.15, 0.2) is 23.0 Å². The molecule has 0 atom stereocenters. The molecule has 0 saturated carbocycles. The summed E-state index contributed by atoms with van der Waals surface area (Å²) in [5, 5.41) is 18.3. The third kappa shape index (κ3) is 1.72. The number of aromatic hydroxyl groups is 1. The number of aliphatic carboxylic acids is 1. The van der Waals surface area contributed by atoms with Crippen LogP contribution in [0.1, 0.15) is 5.82 Å². The van der Waals surface area contributed by atoms with Crippen molar-refractivity contribution in [1.82, 2.24) is 9.97 Å². The Labute approximate surface area is 89.2 Å². The molecule has 0 bridgehead atoms. The summed E-state index contributed by atoms with van der Waals surface area (Å²) < 4.78 is 0. The Morgan fingerprint density at radius 2 is 2.19 bits per heavy atom. The molecule has 1 heterocycles. The van der Waals surface area contributed by atoms with Gasteiger partial charge in [-0.25, -0.2) is 4.98 Å². The Morgan fingerprint density at radius 3 is 2.88 bits per heavy atom. The van der Waals surface area contributed by atoms with Gasteiger partial charge in [0.2, 0.25) is 0 Å². The van der Waals surface area contributed by atoms with Crippen molar-refractivity contribution in [2.24, 2.45) is 0 Å². The number of rotatable bonds is 2. The number of nitrogens with one attached hydrogen (secondary N) is 1. The molecule has 82 valence electrons. The van der Waals surface area contributed by atoms with Crippen LogP contribution in [-0.2, 0) is 11.2 Å². The molecule has 16 heavy (non-hydrogen) atoms. The van der Waals surface area contributed by atoms with Crippen LogP contribution in [-0.4, -0.2) is 26.2 Å². The number of fused-ring (bicyclic) bond motifs is 1. The van der Waals surface area contributed by atoms with Crippen LogP contribution in [0.2, 0.25) is 0 Å². The van der Waals surface area contributed by atoms with Gasteiger partial charge in [-0.1, -0.05) is 6.07 Å². The summed E-state index contributed by atoms with van der Waals surface area (Å²) in [6.07, 6.45) is -0.389. The van der Waals surface area contributed by atoms with Gasteiger partial charge >= 0.3 is 5.97 Å². The number of aromatic amines is 1. The molecule has 6 nitrogen and oxygen atoms in total. The van der Waals surface area contributed by atoms with E-state index < -0.39 is 11.5 Å². The number of carboxylic acid groups (broad SMARTS) is 1. The van der Waals surface area contributed by atoms with Crippen molar-refractivity contribution >= 4 is 16.9 Å². The normalized spacial score (nSPS) is 10.5. The van der Waals surface area contributed by atoms with Crippen molar-refractivity contribution in [1.29, 1.82) is 0 Å². The zero-order valence-electron chi connectivity index (χ0n) is 8.10. The lowest BCUT2D eigenvalue weighted by molar-refractivity contribution is -0.136. The molecule has 0 aliphatic carbocycles. The van der Waals surface area contributed by atoms with Crippen LogP contribution < -0.4 is 5.56 Å². The highest BCUT2D eigenvalue weighted by molar-refractivity contribution is 5.83. The molecule has 6 heteroatoms. The number of benzene rings is 1. The van der Waals surface area contributed by atoms with E-state index in [1.54, 1.807) is 0 Å². The Kier molecular flexibility index (Phi) is 2.32. The van der Waals surface area contributed by atoms with Crippen LogP contribution in [0.4, 0.5) is 0 Å². The van der Waals surface area contributed by atoms with E-state index in [0.29, 0.717) is 0 Å². The molecule has 0 amide bonds. The second-order valence-electron chi connectivity index (χ2n) is 3.26. The van der Waals surface area contributed by atoms with Gasteiger partial charge in [-0.3, -0.25) is 9.59 Å². The van der Waals surface area contributed by atoms with E-state index in [4.69, 9.17) is 5.11 Å². The SMILES string of the molecule is O=C(O)Cc1nc2c(O)cccc2c(=O)[nH]1. The average Bonchev–Trinajstić information content (AvgIpc) is 2.19. The summed E-state index contributed by atoms with van der Waals surface area (Å²) in [5.41, 5.74) is -0.348. The van der Waals surface area contributed by atoms with E-state index in [-0.39, 0.29) is 28.9 Å². The van der Waals surface area contributed by atoms with E-state index in [1.807, 2.05) is 0 Å². The van der Waals surface area contributed by atoms with Gasteiger partial charge in [-0.2, -0.15) is 0 Å². The fraction of sp³-hybridized carbons (Fsp3) is 0.100. The van der Waals surface area contributed by atoms with Crippen molar-refractivity contribution in [2.45, 2.75) is 6.42 Å². The average molecular weight is 220 g/mol. The first-order valence-electron chi connectivity index (χ1n) is 4.50. The highest BCUT2D eigenvalue weighted by Crippen LogP contribution is 2.18. The highest BCUT2D eigenvalue weighted by Gasteiger charge is 2.09. The van der Waals surface area contributed by atoms with E-state index in [2.05, 4.69) is 9.97 Å². The molecule has 2 aromatic rings. The summed E-state index contributed by atoms with van der Waals surface area (Å²) >= 11 is 0. The first-order valence-corrected chi connectivity index (χ1v) is 4.50. The van der Waals surface area contributed by atoms with Crippen molar-refractivity contribution < 1.29 is 15.0 Å². The molecular formula is C10H8N2O4. The van der Waals surface area contributed by atoms with Crippen LogP contribution in [0.3, 0.4) is 0 Å². The van der Waals surface area contributed by atoms with Crippen LogP contribution in [0.5, 0.6) is 5.75 Å². The predicted molar refractivity (Wildman–Crippen MR) is 55.4 cm³/mol. The van der Waals surface area contributed by atoms with Gasteiger partial charge in [0.15, 0.2) is 0 Å². The summed E-state index contributed by atoms with van der Waals surface area (Å²) in [6, 6.07) is 4.41. The smallest absolute Gasteiger partial charge is 0.311 e. The zero-order valence-corrected chi connectivity index (χ0v) is 8.10. The topological polar surface area (TPSA) is 103 Å². The molecule has 0 aliphatic rings. The second-order valence-corrected chi connectivity index (χ2v) is 3.26. The minimum absolute atomic E-state index is 0.0199. The minimum Gasteiger partial charge on any atom is -0.506 e. The molecule has 0 spiro atoms. The van der Waals surface area contributed by atoms with Crippen LogP contribution >= 0.6 is 0 Å². The van der Waals surface area contributed by atoms with E-state index >= 15 is 0 Å². The fourth-order valence-corrected chi connectivity index (χ4v) is 1.42. The summed E-state index contributed by atoms with van der Waals surface area (Å²) in [4.78, 5) is 28.2. The fourth-order valence-electron chi connectivity index (χ4n) is 1.42. The van der Waals surface area contributed by atoms with E-state index in [0.717, 1.165) is 0 Å². The van der Waals surface area contributed by atoms with Gasteiger partial charge in [-0.15, -0.1) is 0 Å². The number of phenolic OH excluding ortho intramolecular Hbond substituents is 1. The highest BCUT2D eigenvalue weighted by atomic mass is 16.4. The minimum atomic E-state index is -1.10. The predicted octanol–water partition coefficient (Wildman–Crippen LogP) is 0.256. The number of nitrogens with zero attached hydrogens (tertiary/aromatic N) is 1. The Hall–Kier alpha value is -2.37. The Morgan fingerprint density at radius 1 is 1.44 bits per heavy atom. The van der Waals surface area contributed by atoms with E-state index in [9.17, 15) is 14.7 Å². The Bertz CT molecular complexity index is 618. The number of carbonyl (C=O) groups is 1. The quantitative estimate of drug-likeness (QED) is 0.673.